The molecular weight excluding hydrogens is 364 g/mol. The number of anilines is 3. The number of rotatable bonds is 6. The third kappa shape index (κ3) is 3.77. The number of aromatic nitrogens is 6. The summed E-state index contributed by atoms with van der Waals surface area (Å²) in [5.74, 6) is 2.10. The molecule has 0 atom stereocenters. The average molecular weight is 382 g/mol. The van der Waals surface area contributed by atoms with E-state index >= 15 is 0 Å². The number of nitrogens with one attached hydrogen (secondary N) is 3. The van der Waals surface area contributed by atoms with Crippen LogP contribution in [0.3, 0.4) is 0 Å². The molecule has 8 heteroatoms. The third-order valence-corrected chi connectivity index (χ3v) is 4.46. The lowest BCUT2D eigenvalue weighted by Gasteiger charge is -2.08. The Morgan fingerprint density at radius 1 is 0.931 bits per heavy atom. The van der Waals surface area contributed by atoms with Crippen LogP contribution in [0.2, 0.25) is 0 Å². The summed E-state index contributed by atoms with van der Waals surface area (Å²) in [6, 6.07) is 17.8. The van der Waals surface area contributed by atoms with E-state index in [4.69, 9.17) is 0 Å². The fourth-order valence-corrected chi connectivity index (χ4v) is 3.04. The van der Waals surface area contributed by atoms with Crippen molar-refractivity contribution in [3.8, 4) is 5.69 Å². The molecule has 3 heterocycles. The van der Waals surface area contributed by atoms with Crippen molar-refractivity contribution in [2.75, 3.05) is 10.6 Å². The molecule has 29 heavy (non-hydrogen) atoms. The fraction of sp³-hybridized carbons (Fsp3) is 0.0476. The van der Waals surface area contributed by atoms with Gasteiger partial charge >= 0.3 is 0 Å². The smallest absolute Gasteiger partial charge is 0.229 e. The summed E-state index contributed by atoms with van der Waals surface area (Å²) >= 11 is 0. The molecule has 0 bridgehead atoms. The van der Waals surface area contributed by atoms with Crippen LogP contribution < -0.4 is 10.6 Å². The Kier molecular flexibility index (Phi) is 4.34. The minimum Gasteiger partial charge on any atom is -0.363 e. The quantitative estimate of drug-likeness (QED) is 0.412. The molecule has 0 fully saturated rings. The first-order valence-electron chi connectivity index (χ1n) is 9.19. The molecule has 0 amide bonds. The van der Waals surface area contributed by atoms with E-state index in [1.165, 1.54) is 0 Å². The van der Waals surface area contributed by atoms with Gasteiger partial charge in [0.2, 0.25) is 5.95 Å². The maximum Gasteiger partial charge on any atom is 0.229 e. The van der Waals surface area contributed by atoms with Gasteiger partial charge in [-0.1, -0.05) is 12.1 Å². The van der Waals surface area contributed by atoms with Crippen molar-refractivity contribution in [2.24, 2.45) is 0 Å². The summed E-state index contributed by atoms with van der Waals surface area (Å²) in [6.07, 6.45) is 7.14. The molecule has 3 aromatic heterocycles. The highest BCUT2D eigenvalue weighted by Crippen LogP contribution is 2.17. The molecular formula is C21H18N8. The van der Waals surface area contributed by atoms with E-state index in [-0.39, 0.29) is 0 Å². The van der Waals surface area contributed by atoms with E-state index in [1.807, 2.05) is 65.4 Å². The first-order valence-corrected chi connectivity index (χ1v) is 9.19. The largest absolute Gasteiger partial charge is 0.363 e. The Bertz CT molecular complexity index is 1190. The number of hydrogen-bond donors (Lipinski definition) is 3. The van der Waals surface area contributed by atoms with Crippen LogP contribution in [0, 0.1) is 0 Å². The van der Waals surface area contributed by atoms with Gasteiger partial charge in [-0.05, 0) is 42.5 Å². The molecule has 0 aliphatic rings. The van der Waals surface area contributed by atoms with E-state index in [2.05, 4.69) is 35.6 Å². The minimum atomic E-state index is 0.523. The minimum absolute atomic E-state index is 0.523. The molecule has 0 aliphatic carbocycles. The second-order valence-electron chi connectivity index (χ2n) is 6.46. The molecule has 0 saturated carbocycles. The van der Waals surface area contributed by atoms with Gasteiger partial charge in [0.05, 0.1) is 23.9 Å². The van der Waals surface area contributed by atoms with Crippen LogP contribution in [0.4, 0.5) is 17.5 Å². The normalized spacial score (nSPS) is 10.9. The van der Waals surface area contributed by atoms with Crippen LogP contribution in [0.1, 0.15) is 5.82 Å². The zero-order valence-corrected chi connectivity index (χ0v) is 15.4. The molecule has 0 saturated heterocycles. The molecule has 3 N–H and O–H groups in total. The Labute approximate surface area is 166 Å². The summed E-state index contributed by atoms with van der Waals surface area (Å²) < 4.78 is 1.95. The molecule has 0 aliphatic heterocycles. The molecule has 8 nitrogen and oxygen atoms in total. The number of nitrogens with zero attached hydrogens (tertiary/aromatic N) is 5. The van der Waals surface area contributed by atoms with Crippen LogP contribution >= 0.6 is 0 Å². The maximum absolute atomic E-state index is 4.56. The van der Waals surface area contributed by atoms with Crippen molar-refractivity contribution in [2.45, 2.75) is 6.54 Å². The van der Waals surface area contributed by atoms with E-state index in [0.29, 0.717) is 12.5 Å². The molecule has 0 spiro atoms. The second-order valence-corrected chi connectivity index (χ2v) is 6.46. The topological polar surface area (TPSA) is 96.3 Å². The van der Waals surface area contributed by atoms with Crippen LogP contribution in [-0.4, -0.2) is 29.5 Å². The molecule has 5 aromatic rings. The van der Waals surface area contributed by atoms with E-state index in [1.54, 1.807) is 18.7 Å². The van der Waals surface area contributed by atoms with Crippen LogP contribution in [0.5, 0.6) is 0 Å². The van der Waals surface area contributed by atoms with Crippen LogP contribution in [0.15, 0.2) is 79.5 Å². The highest BCUT2D eigenvalue weighted by molar-refractivity contribution is 5.74. The predicted octanol–water partition coefficient (Wildman–Crippen LogP) is 3.89. The number of hydrogen-bond acceptors (Lipinski definition) is 6. The van der Waals surface area contributed by atoms with Gasteiger partial charge in [-0.3, -0.25) is 0 Å². The fourth-order valence-electron chi connectivity index (χ4n) is 3.04. The Morgan fingerprint density at radius 3 is 2.66 bits per heavy atom. The Morgan fingerprint density at radius 2 is 1.83 bits per heavy atom. The monoisotopic (exact) mass is 382 g/mol. The SMILES string of the molecule is c1ccc2[nH]c(CNc3ccnc(Nc4ccc(-n5ccnc5)cc4)n3)nc2c1. The van der Waals surface area contributed by atoms with Gasteiger partial charge in [0, 0.05) is 30.0 Å². The van der Waals surface area contributed by atoms with Crippen molar-refractivity contribution in [1.82, 2.24) is 29.5 Å². The number of imidazole rings is 2. The van der Waals surface area contributed by atoms with Gasteiger partial charge in [0.15, 0.2) is 0 Å². The van der Waals surface area contributed by atoms with Gasteiger partial charge in [-0.2, -0.15) is 4.98 Å². The molecule has 2 aromatic carbocycles. The lowest BCUT2D eigenvalue weighted by molar-refractivity contribution is 0.992. The van der Waals surface area contributed by atoms with E-state index < -0.39 is 0 Å². The van der Waals surface area contributed by atoms with Gasteiger partial charge < -0.3 is 20.2 Å². The second kappa shape index (κ2) is 7.43. The number of H-pyrrole nitrogens is 1. The Balaban J connectivity index is 1.25. The predicted molar refractivity (Wildman–Crippen MR) is 112 cm³/mol. The number of benzene rings is 2. The van der Waals surface area contributed by atoms with Crippen LogP contribution in [-0.2, 0) is 6.54 Å². The Hall–Kier alpha value is -4.20. The lowest BCUT2D eigenvalue weighted by atomic mass is 10.3. The number of fused-ring (bicyclic) bond motifs is 1. The van der Waals surface area contributed by atoms with Gasteiger partial charge in [-0.15, -0.1) is 0 Å². The van der Waals surface area contributed by atoms with Crippen molar-refractivity contribution < 1.29 is 0 Å². The first-order chi connectivity index (χ1) is 14.3. The summed E-state index contributed by atoms with van der Waals surface area (Å²) in [7, 11) is 0. The van der Waals surface area contributed by atoms with Gasteiger partial charge in [-0.25, -0.2) is 15.0 Å². The lowest BCUT2D eigenvalue weighted by Crippen LogP contribution is -2.05. The van der Waals surface area contributed by atoms with E-state index in [0.717, 1.165) is 34.1 Å². The summed E-state index contributed by atoms with van der Waals surface area (Å²) in [5.41, 5.74) is 3.92. The zero-order chi connectivity index (χ0) is 19.5. The molecule has 0 unspecified atom stereocenters. The van der Waals surface area contributed by atoms with Crippen LogP contribution in [0.25, 0.3) is 16.7 Å². The summed E-state index contributed by atoms with van der Waals surface area (Å²) in [5, 5.41) is 6.51. The molecule has 142 valence electrons. The summed E-state index contributed by atoms with van der Waals surface area (Å²) in [4.78, 5) is 20.7. The van der Waals surface area contributed by atoms with E-state index in [9.17, 15) is 0 Å². The van der Waals surface area contributed by atoms with Gasteiger partial charge in [0.25, 0.3) is 0 Å². The number of para-hydroxylation sites is 2. The molecule has 5 rings (SSSR count). The first kappa shape index (κ1) is 16.9. The highest BCUT2D eigenvalue weighted by atomic mass is 15.1. The number of aromatic amines is 1. The van der Waals surface area contributed by atoms with Crippen molar-refractivity contribution >= 4 is 28.5 Å². The summed E-state index contributed by atoms with van der Waals surface area (Å²) in [6.45, 7) is 0.546. The average Bonchev–Trinajstić information content (AvgIpc) is 3.43. The molecule has 0 radical (unpaired) electrons. The zero-order valence-electron chi connectivity index (χ0n) is 15.4. The van der Waals surface area contributed by atoms with Gasteiger partial charge in [0.1, 0.15) is 11.6 Å². The van der Waals surface area contributed by atoms with Crippen molar-refractivity contribution in [3.63, 3.8) is 0 Å². The van der Waals surface area contributed by atoms with Crippen molar-refractivity contribution in [3.05, 3.63) is 85.3 Å². The third-order valence-electron chi connectivity index (χ3n) is 4.46. The van der Waals surface area contributed by atoms with Crippen molar-refractivity contribution in [1.29, 1.82) is 0 Å². The highest BCUT2D eigenvalue weighted by Gasteiger charge is 2.04. The maximum atomic E-state index is 4.56. The standard InChI is InChI=1S/C21H18N8/c1-2-4-18-17(3-1)26-20(27-18)13-24-19-9-10-23-21(28-19)25-15-5-7-16(8-6-15)29-12-11-22-14-29/h1-12,14H,13H2,(H,26,27)(H2,23,24,25,28).